The molecule has 5 heteroatoms. The van der Waals surface area contributed by atoms with Gasteiger partial charge < -0.3 is 10.1 Å². The molecule has 17 heavy (non-hydrogen) atoms. The van der Waals surface area contributed by atoms with Crippen molar-refractivity contribution in [1.82, 2.24) is 4.68 Å². The summed E-state index contributed by atoms with van der Waals surface area (Å²) in [6.45, 7) is 0. The van der Waals surface area contributed by atoms with Crippen LogP contribution in [0.4, 0.5) is 0 Å². The van der Waals surface area contributed by atoms with Crippen LogP contribution < -0.4 is 10.4 Å². The minimum Gasteiger partial charge on any atom is -0.478 e. The number of hydrogen-bond acceptors (Lipinski definition) is 3. The van der Waals surface area contributed by atoms with Crippen LogP contribution in [0.5, 0.6) is 0 Å². The van der Waals surface area contributed by atoms with E-state index in [9.17, 15) is 9.59 Å². The van der Waals surface area contributed by atoms with E-state index in [-0.39, 0.29) is 16.4 Å². The van der Waals surface area contributed by atoms with E-state index in [1.807, 2.05) is 14.1 Å². The Morgan fingerprint density at radius 2 is 2.00 bits per heavy atom. The summed E-state index contributed by atoms with van der Waals surface area (Å²) in [5, 5.41) is 11.1. The Hall–Kier alpha value is -2.30. The number of aromatic nitrogens is 1. The summed E-state index contributed by atoms with van der Waals surface area (Å²) < 4.78 is 1.73. The normalized spacial score (nSPS) is 10.5. The zero-order valence-corrected chi connectivity index (χ0v) is 9.54. The van der Waals surface area contributed by atoms with E-state index < -0.39 is 5.97 Å². The molecule has 0 spiro atoms. The minimum atomic E-state index is -1.09. The Morgan fingerprint density at radius 3 is 2.59 bits per heavy atom. The number of rotatable bonds is 2. The maximum absolute atomic E-state index is 11.8. The van der Waals surface area contributed by atoms with Gasteiger partial charge in [-0.3, -0.25) is 9.47 Å². The number of carbonyl (C=O) groups is 1. The van der Waals surface area contributed by atoms with Gasteiger partial charge in [0.15, 0.2) is 5.43 Å². The van der Waals surface area contributed by atoms with Crippen LogP contribution in [-0.4, -0.2) is 29.8 Å². The van der Waals surface area contributed by atoms with Crippen LogP contribution in [0.2, 0.25) is 0 Å². The first-order valence-electron chi connectivity index (χ1n) is 5.07. The number of carboxylic acid groups (broad SMARTS) is 1. The molecule has 2 aromatic rings. The van der Waals surface area contributed by atoms with Crippen molar-refractivity contribution in [3.05, 3.63) is 46.2 Å². The molecule has 0 aliphatic heterocycles. The van der Waals surface area contributed by atoms with Gasteiger partial charge in [0.1, 0.15) is 0 Å². The number of pyridine rings is 1. The van der Waals surface area contributed by atoms with Crippen LogP contribution in [0, 0.1) is 0 Å². The van der Waals surface area contributed by atoms with E-state index >= 15 is 0 Å². The molecule has 5 nitrogen and oxygen atoms in total. The van der Waals surface area contributed by atoms with Gasteiger partial charge in [-0.1, -0.05) is 6.07 Å². The predicted octanol–water partition coefficient (Wildman–Crippen LogP) is 0.897. The van der Waals surface area contributed by atoms with Gasteiger partial charge in [0.05, 0.1) is 16.5 Å². The Morgan fingerprint density at radius 1 is 1.29 bits per heavy atom. The number of hydrogen-bond donors (Lipinski definition) is 1. The zero-order chi connectivity index (χ0) is 12.6. The van der Waals surface area contributed by atoms with Crippen molar-refractivity contribution in [3.63, 3.8) is 0 Å². The van der Waals surface area contributed by atoms with Crippen LogP contribution in [0.3, 0.4) is 0 Å². The molecule has 0 fully saturated rings. The number of nitrogens with zero attached hydrogens (tertiary/aromatic N) is 2. The fourth-order valence-electron chi connectivity index (χ4n) is 1.82. The summed E-state index contributed by atoms with van der Waals surface area (Å²) in [6.07, 6.45) is 1.62. The van der Waals surface area contributed by atoms with E-state index in [0.29, 0.717) is 5.52 Å². The monoisotopic (exact) mass is 232 g/mol. The lowest BCUT2D eigenvalue weighted by Gasteiger charge is -2.19. The zero-order valence-electron chi connectivity index (χ0n) is 9.54. The van der Waals surface area contributed by atoms with E-state index in [4.69, 9.17) is 5.11 Å². The molecule has 0 radical (unpaired) electrons. The third-order valence-electron chi connectivity index (χ3n) is 2.56. The third kappa shape index (κ3) is 1.75. The Bertz CT molecular complexity index is 644. The third-order valence-corrected chi connectivity index (χ3v) is 2.56. The van der Waals surface area contributed by atoms with Crippen molar-refractivity contribution in [2.75, 3.05) is 19.1 Å². The van der Waals surface area contributed by atoms with Crippen LogP contribution in [0.1, 0.15) is 10.4 Å². The van der Waals surface area contributed by atoms with Crippen molar-refractivity contribution in [2.45, 2.75) is 0 Å². The molecule has 0 amide bonds. The first-order valence-corrected chi connectivity index (χ1v) is 5.07. The Balaban J connectivity index is 2.96. The molecule has 1 N–H and O–H groups in total. The molecule has 0 saturated heterocycles. The van der Waals surface area contributed by atoms with Gasteiger partial charge in [-0.15, -0.1) is 0 Å². The quantitative estimate of drug-likeness (QED) is 0.835. The van der Waals surface area contributed by atoms with E-state index in [2.05, 4.69) is 0 Å². The van der Waals surface area contributed by atoms with Gasteiger partial charge in [-0.2, -0.15) is 0 Å². The maximum Gasteiger partial charge on any atom is 0.336 e. The average molecular weight is 232 g/mol. The van der Waals surface area contributed by atoms with Gasteiger partial charge in [-0.05, 0) is 12.1 Å². The molecule has 0 aliphatic rings. The molecule has 0 bridgehead atoms. The molecule has 1 heterocycles. The first kappa shape index (κ1) is 11.2. The van der Waals surface area contributed by atoms with Crippen molar-refractivity contribution in [2.24, 2.45) is 0 Å². The molecule has 0 aliphatic carbocycles. The van der Waals surface area contributed by atoms with Crippen LogP contribution in [0.25, 0.3) is 10.9 Å². The van der Waals surface area contributed by atoms with Crippen LogP contribution in [0.15, 0.2) is 35.3 Å². The van der Waals surface area contributed by atoms with E-state index in [1.165, 1.54) is 12.1 Å². The maximum atomic E-state index is 11.8. The molecule has 88 valence electrons. The summed E-state index contributed by atoms with van der Waals surface area (Å²) >= 11 is 0. The van der Waals surface area contributed by atoms with Crippen LogP contribution >= 0.6 is 0 Å². The summed E-state index contributed by atoms with van der Waals surface area (Å²) in [7, 11) is 3.63. The highest BCUT2D eigenvalue weighted by Gasteiger charge is 2.13. The van der Waals surface area contributed by atoms with E-state index in [1.54, 1.807) is 28.0 Å². The van der Waals surface area contributed by atoms with Gasteiger partial charge in [0.25, 0.3) is 0 Å². The molecular weight excluding hydrogens is 220 g/mol. The number of fused-ring (bicyclic) bond motifs is 1. The molecule has 0 atom stereocenters. The van der Waals surface area contributed by atoms with Crippen LogP contribution in [-0.2, 0) is 0 Å². The first-order chi connectivity index (χ1) is 8.02. The number of benzene rings is 1. The smallest absolute Gasteiger partial charge is 0.336 e. The summed E-state index contributed by atoms with van der Waals surface area (Å²) in [4.78, 5) is 22.9. The molecule has 2 rings (SSSR count). The molecule has 0 unspecified atom stereocenters. The van der Waals surface area contributed by atoms with Gasteiger partial charge >= 0.3 is 5.97 Å². The fourth-order valence-corrected chi connectivity index (χ4v) is 1.82. The molecule has 1 aromatic carbocycles. The van der Waals surface area contributed by atoms with E-state index in [0.717, 1.165) is 0 Å². The van der Waals surface area contributed by atoms with Crippen molar-refractivity contribution in [3.8, 4) is 0 Å². The minimum absolute atomic E-state index is 0.0312. The van der Waals surface area contributed by atoms with Gasteiger partial charge in [-0.25, -0.2) is 4.79 Å². The summed E-state index contributed by atoms with van der Waals surface area (Å²) in [5.41, 5.74) is 0.335. The predicted molar refractivity (Wildman–Crippen MR) is 65.2 cm³/mol. The SMILES string of the molecule is CN(C)n1ccc(=O)c2c(C(=O)O)cccc21. The molecular formula is C12H12N2O3. The fraction of sp³-hybridized carbons (Fsp3) is 0.167. The second-order valence-electron chi connectivity index (χ2n) is 3.88. The summed E-state index contributed by atoms with van der Waals surface area (Å²) in [6, 6.07) is 6.16. The van der Waals surface area contributed by atoms with Gasteiger partial charge in [0, 0.05) is 26.4 Å². The number of aromatic carboxylic acids is 1. The topological polar surface area (TPSA) is 62.5 Å². The largest absolute Gasteiger partial charge is 0.478 e. The Labute approximate surface area is 97.5 Å². The highest BCUT2D eigenvalue weighted by Crippen LogP contribution is 2.15. The van der Waals surface area contributed by atoms with Crippen molar-refractivity contribution in [1.29, 1.82) is 0 Å². The lowest BCUT2D eigenvalue weighted by molar-refractivity contribution is 0.0699. The Kier molecular flexibility index (Phi) is 2.59. The average Bonchev–Trinajstić information content (AvgIpc) is 2.28. The lowest BCUT2D eigenvalue weighted by atomic mass is 10.1. The van der Waals surface area contributed by atoms with Crippen molar-refractivity contribution < 1.29 is 9.90 Å². The molecule has 1 aromatic heterocycles. The second kappa shape index (κ2) is 3.93. The molecule has 0 saturated carbocycles. The summed E-state index contributed by atoms with van der Waals surface area (Å²) in [5.74, 6) is -1.09. The van der Waals surface area contributed by atoms with Crippen molar-refractivity contribution >= 4 is 16.9 Å². The standard InChI is InChI=1S/C12H12N2O3/c1-13(2)14-7-6-10(15)11-8(12(16)17)4-3-5-9(11)14/h3-7H,1-2H3,(H,16,17). The lowest BCUT2D eigenvalue weighted by Crippen LogP contribution is -2.27. The highest BCUT2D eigenvalue weighted by atomic mass is 16.4. The van der Waals surface area contributed by atoms with Gasteiger partial charge in [0.2, 0.25) is 0 Å². The second-order valence-corrected chi connectivity index (χ2v) is 3.88. The number of carboxylic acids is 1. The highest BCUT2D eigenvalue weighted by molar-refractivity contribution is 6.02.